The van der Waals surface area contributed by atoms with Crippen LogP contribution in [0.5, 0.6) is 0 Å². The first-order valence-electron chi connectivity index (χ1n) is 14.4. The monoisotopic (exact) mass is 617 g/mol. The van der Waals surface area contributed by atoms with Crippen LogP contribution in [0.25, 0.3) is 11.1 Å². The molecule has 3 atom stereocenters. The van der Waals surface area contributed by atoms with Gasteiger partial charge in [0.15, 0.2) is 11.4 Å². The van der Waals surface area contributed by atoms with Gasteiger partial charge in [0.2, 0.25) is 11.8 Å². The van der Waals surface area contributed by atoms with E-state index in [4.69, 9.17) is 14.7 Å². The molecule has 0 unspecified atom stereocenters. The fourth-order valence-electron chi connectivity index (χ4n) is 4.94. The van der Waals surface area contributed by atoms with Crippen LogP contribution in [-0.4, -0.2) is 49.2 Å². The van der Waals surface area contributed by atoms with Crippen LogP contribution in [0.2, 0.25) is 0 Å². The van der Waals surface area contributed by atoms with Gasteiger partial charge in [0.1, 0.15) is 6.33 Å². The van der Waals surface area contributed by atoms with E-state index in [0.717, 1.165) is 38.5 Å². The first kappa shape index (κ1) is 31.4. The number of carbonyl (C=O) groups excluding carboxylic acids is 2. The molecule has 5 N–H and O–H groups in total. The molecule has 11 nitrogen and oxygen atoms in total. The quantitative estimate of drug-likeness (QED) is 0.0822. The maximum atomic E-state index is 12.2. The van der Waals surface area contributed by atoms with Gasteiger partial charge in [-0.15, -0.1) is 0 Å². The second kappa shape index (κ2) is 15.6. The van der Waals surface area contributed by atoms with E-state index in [1.54, 1.807) is 17.2 Å². The summed E-state index contributed by atoms with van der Waals surface area (Å²) in [5.74, 6) is -0.00123. The first-order valence-corrected chi connectivity index (χ1v) is 15.4. The highest BCUT2D eigenvalue weighted by Crippen LogP contribution is 2.40. The van der Waals surface area contributed by atoms with Crippen molar-refractivity contribution in [2.45, 2.75) is 62.5 Å². The zero-order valence-corrected chi connectivity index (χ0v) is 24.8. The van der Waals surface area contributed by atoms with E-state index < -0.39 is 12.2 Å². The molecule has 1 fully saturated rings. The molecular formula is C32H35N5O6S. The average molecular weight is 618 g/mol. The number of hydroxylamine groups is 1. The highest BCUT2D eigenvalue weighted by atomic mass is 32.2. The van der Waals surface area contributed by atoms with Gasteiger partial charge < -0.3 is 19.9 Å². The van der Waals surface area contributed by atoms with Crippen LogP contribution in [-0.2, 0) is 32.2 Å². The zero-order chi connectivity index (χ0) is 30.7. The molecular weight excluding hydrogens is 582 g/mol. The van der Waals surface area contributed by atoms with Crippen molar-refractivity contribution in [3.63, 3.8) is 0 Å². The second-order valence-electron chi connectivity index (χ2n) is 10.4. The standard InChI is InChI=1S/C32H35N5O6S/c38-18-21-10-12-23(13-11-21)28-16-27(19-44-32-34-20-35-36-32)42-31(43-28)26-7-2-6-25(15-26)24-5-1-4-22(14-24)17-33-29(39)8-3-9-30(40)37-41/h1-2,4-7,10-15,20,27-28,31,38,41H,3,8-9,16-19H2,(H,33,39)(H,37,40)(H,34,35,36)/t27-,28+,31+/m1/s1. The molecule has 4 aromatic rings. The van der Waals surface area contributed by atoms with Gasteiger partial charge in [-0.05, 0) is 46.4 Å². The third-order valence-corrected chi connectivity index (χ3v) is 8.26. The number of thioether (sulfide) groups is 1. The summed E-state index contributed by atoms with van der Waals surface area (Å²) in [4.78, 5) is 27.6. The van der Waals surface area contributed by atoms with Crippen molar-refractivity contribution in [2.24, 2.45) is 0 Å². The minimum atomic E-state index is -0.595. The van der Waals surface area contributed by atoms with Gasteiger partial charge in [-0.3, -0.25) is 19.9 Å². The summed E-state index contributed by atoms with van der Waals surface area (Å²) in [5, 5.41) is 28.5. The molecule has 230 valence electrons. The maximum absolute atomic E-state index is 12.2. The van der Waals surface area contributed by atoms with E-state index in [0.29, 0.717) is 25.1 Å². The Balaban J connectivity index is 1.28. The molecule has 3 aromatic carbocycles. The molecule has 0 aliphatic carbocycles. The van der Waals surface area contributed by atoms with E-state index in [9.17, 15) is 14.7 Å². The molecule has 2 amide bonds. The summed E-state index contributed by atoms with van der Waals surface area (Å²) in [5.41, 5.74) is 7.24. The van der Waals surface area contributed by atoms with Gasteiger partial charge in [-0.1, -0.05) is 72.4 Å². The number of hydrogen-bond acceptors (Lipinski definition) is 9. The summed E-state index contributed by atoms with van der Waals surface area (Å²) in [6.45, 7) is 0.342. The number of rotatable bonds is 13. The Labute approximate surface area is 259 Å². The number of nitrogens with one attached hydrogen (secondary N) is 3. The summed E-state index contributed by atoms with van der Waals surface area (Å²) in [6, 6.07) is 23.8. The molecule has 0 saturated carbocycles. The van der Waals surface area contributed by atoms with E-state index in [-0.39, 0.29) is 37.6 Å². The predicted octanol–water partition coefficient (Wildman–Crippen LogP) is 4.59. The number of aliphatic hydroxyl groups is 1. The molecule has 5 rings (SSSR count). The first-order chi connectivity index (χ1) is 21.5. The van der Waals surface area contributed by atoms with Crippen molar-refractivity contribution < 1.29 is 29.4 Å². The van der Waals surface area contributed by atoms with E-state index in [1.165, 1.54) is 6.33 Å². The number of H-pyrrole nitrogens is 1. The lowest BCUT2D eigenvalue weighted by molar-refractivity contribution is -0.245. The lowest BCUT2D eigenvalue weighted by Crippen LogP contribution is -2.31. The van der Waals surface area contributed by atoms with Crippen molar-refractivity contribution in [1.82, 2.24) is 26.0 Å². The zero-order valence-electron chi connectivity index (χ0n) is 24.0. The molecule has 2 heterocycles. The Hall–Kier alpha value is -4.07. The number of hydrogen-bond donors (Lipinski definition) is 5. The van der Waals surface area contributed by atoms with Crippen molar-refractivity contribution in [3.8, 4) is 11.1 Å². The maximum Gasteiger partial charge on any atom is 0.243 e. The largest absolute Gasteiger partial charge is 0.392 e. The molecule has 12 heteroatoms. The lowest BCUT2D eigenvalue weighted by Gasteiger charge is -2.36. The van der Waals surface area contributed by atoms with Crippen LogP contribution in [0.15, 0.2) is 84.3 Å². The van der Waals surface area contributed by atoms with Crippen LogP contribution in [0.1, 0.15) is 60.3 Å². The number of carbonyl (C=O) groups is 2. The number of aliphatic hydroxyl groups excluding tert-OH is 1. The van der Waals surface area contributed by atoms with Crippen LogP contribution in [0.4, 0.5) is 0 Å². The van der Waals surface area contributed by atoms with Gasteiger partial charge >= 0.3 is 0 Å². The molecule has 1 aliphatic rings. The van der Waals surface area contributed by atoms with E-state index in [2.05, 4.69) is 26.6 Å². The highest BCUT2D eigenvalue weighted by molar-refractivity contribution is 7.99. The van der Waals surface area contributed by atoms with Crippen molar-refractivity contribution in [1.29, 1.82) is 0 Å². The highest BCUT2D eigenvalue weighted by Gasteiger charge is 2.32. The van der Waals surface area contributed by atoms with Gasteiger partial charge in [-0.2, -0.15) is 5.10 Å². The van der Waals surface area contributed by atoms with E-state index in [1.807, 2.05) is 66.7 Å². The molecule has 1 saturated heterocycles. The lowest BCUT2D eigenvalue weighted by atomic mass is 9.99. The van der Waals surface area contributed by atoms with Crippen LogP contribution < -0.4 is 10.8 Å². The van der Waals surface area contributed by atoms with Gasteiger partial charge in [0.25, 0.3) is 0 Å². The number of ether oxygens (including phenoxy) is 2. The summed E-state index contributed by atoms with van der Waals surface area (Å²) in [6.07, 6.45) is 1.88. The fraction of sp³-hybridized carbons (Fsp3) is 0.312. The SMILES string of the molecule is O=C(CCCC(=O)NCc1cccc(-c2cccc([C@H]3O[C@@H](CSc4ncn[nH]4)C[C@@H](c4ccc(CO)cc4)O3)c2)c1)NO. The average Bonchev–Trinajstić information content (AvgIpc) is 3.60. The Morgan fingerprint density at radius 2 is 1.70 bits per heavy atom. The molecule has 44 heavy (non-hydrogen) atoms. The number of nitrogens with zero attached hydrogens (tertiary/aromatic N) is 2. The summed E-state index contributed by atoms with van der Waals surface area (Å²) in [7, 11) is 0. The third-order valence-electron chi connectivity index (χ3n) is 7.25. The smallest absolute Gasteiger partial charge is 0.243 e. The number of benzene rings is 3. The van der Waals surface area contributed by atoms with Crippen molar-refractivity contribution >= 4 is 23.6 Å². The third kappa shape index (κ3) is 8.74. The minimum Gasteiger partial charge on any atom is -0.392 e. The second-order valence-corrected chi connectivity index (χ2v) is 11.5. The summed E-state index contributed by atoms with van der Waals surface area (Å²) >= 11 is 1.55. The topological polar surface area (TPSA) is 159 Å². The molecule has 1 aromatic heterocycles. The van der Waals surface area contributed by atoms with Crippen LogP contribution >= 0.6 is 11.8 Å². The Bertz CT molecular complexity index is 1520. The number of aromatic amines is 1. The molecule has 0 spiro atoms. The Morgan fingerprint density at radius 1 is 0.932 bits per heavy atom. The predicted molar refractivity (Wildman–Crippen MR) is 163 cm³/mol. The van der Waals surface area contributed by atoms with Crippen molar-refractivity contribution in [3.05, 3.63) is 101 Å². The van der Waals surface area contributed by atoms with Gasteiger partial charge in [-0.25, -0.2) is 10.5 Å². The Morgan fingerprint density at radius 3 is 2.45 bits per heavy atom. The normalized spacial score (nSPS) is 18.1. The molecule has 0 bridgehead atoms. The Kier molecular flexibility index (Phi) is 11.1. The van der Waals surface area contributed by atoms with Crippen LogP contribution in [0, 0.1) is 0 Å². The van der Waals surface area contributed by atoms with Gasteiger partial charge in [0, 0.05) is 37.1 Å². The fourth-order valence-corrected chi connectivity index (χ4v) is 5.74. The summed E-state index contributed by atoms with van der Waals surface area (Å²) < 4.78 is 13.0. The van der Waals surface area contributed by atoms with Crippen molar-refractivity contribution in [2.75, 3.05) is 5.75 Å². The van der Waals surface area contributed by atoms with E-state index >= 15 is 0 Å². The molecule has 0 radical (unpaired) electrons. The number of aromatic nitrogens is 3. The number of amides is 2. The minimum absolute atomic E-state index is 0.0140. The van der Waals surface area contributed by atoms with Gasteiger partial charge in [0.05, 0.1) is 18.8 Å². The molecule has 1 aliphatic heterocycles. The van der Waals surface area contributed by atoms with Crippen LogP contribution in [0.3, 0.4) is 0 Å².